The molecule has 0 aromatic heterocycles. The molecule has 0 bridgehead atoms. The number of rotatable bonds is 2. The van der Waals surface area contributed by atoms with Gasteiger partial charge in [-0.15, -0.1) is 0 Å². The smallest absolute Gasteiger partial charge is 0.161 e. The fourth-order valence-electron chi connectivity index (χ4n) is 1.08. The van der Waals surface area contributed by atoms with Gasteiger partial charge in [-0.05, 0) is 41.6 Å². The van der Waals surface area contributed by atoms with Crippen molar-refractivity contribution < 1.29 is 9.53 Å². The number of ether oxygens (including phenoxy) is 1. The highest BCUT2D eigenvalue weighted by Crippen LogP contribution is 2.24. The Labute approximate surface area is 95.8 Å². The number of methoxy groups -OCH3 is 1. The molecule has 0 spiro atoms. The van der Waals surface area contributed by atoms with Gasteiger partial charge in [0.2, 0.25) is 0 Å². The van der Waals surface area contributed by atoms with Crippen molar-refractivity contribution in [3.8, 4) is 11.8 Å². The van der Waals surface area contributed by atoms with Crippen LogP contribution in [0.3, 0.4) is 0 Å². The molecule has 1 aromatic rings. The van der Waals surface area contributed by atoms with Gasteiger partial charge in [0.15, 0.2) is 5.78 Å². The normalized spacial score (nSPS) is 9.29. The van der Waals surface area contributed by atoms with Crippen molar-refractivity contribution in [3.05, 3.63) is 26.8 Å². The van der Waals surface area contributed by atoms with Crippen molar-refractivity contribution in [2.75, 3.05) is 7.11 Å². The number of ketones is 1. The molecule has 1 aromatic carbocycles. The summed E-state index contributed by atoms with van der Waals surface area (Å²) >= 11 is 2.03. The van der Waals surface area contributed by atoms with Crippen LogP contribution in [-0.4, -0.2) is 12.9 Å². The average molecular weight is 301 g/mol. The minimum Gasteiger partial charge on any atom is -0.495 e. The van der Waals surface area contributed by atoms with E-state index in [1.807, 2.05) is 28.7 Å². The van der Waals surface area contributed by atoms with Gasteiger partial charge in [0, 0.05) is 9.13 Å². The van der Waals surface area contributed by atoms with Crippen LogP contribution in [0.15, 0.2) is 12.1 Å². The fourth-order valence-corrected chi connectivity index (χ4v) is 1.93. The Bertz CT molecular complexity index is 421. The molecule has 0 N–H and O–H groups in total. The lowest BCUT2D eigenvalue weighted by Gasteiger charge is -2.06. The Balaban J connectivity index is 3.39. The van der Waals surface area contributed by atoms with E-state index in [2.05, 4.69) is 0 Å². The van der Waals surface area contributed by atoms with Crippen LogP contribution in [0.5, 0.6) is 5.75 Å². The van der Waals surface area contributed by atoms with E-state index in [-0.39, 0.29) is 5.78 Å². The van der Waals surface area contributed by atoms with Gasteiger partial charge in [0.1, 0.15) is 11.8 Å². The Hall–Kier alpha value is -1.09. The van der Waals surface area contributed by atoms with Crippen LogP contribution in [0, 0.1) is 14.9 Å². The molecule has 0 fully saturated rings. The summed E-state index contributed by atoms with van der Waals surface area (Å²) in [6, 6.07) is 5.26. The summed E-state index contributed by atoms with van der Waals surface area (Å²) in [7, 11) is 1.48. The number of hydrogen-bond acceptors (Lipinski definition) is 3. The van der Waals surface area contributed by atoms with Crippen molar-refractivity contribution >= 4 is 28.4 Å². The molecule has 0 aliphatic heterocycles. The summed E-state index contributed by atoms with van der Waals surface area (Å²) in [5.41, 5.74) is 1.03. The van der Waals surface area contributed by atoms with E-state index in [4.69, 9.17) is 10.00 Å². The van der Waals surface area contributed by atoms with Gasteiger partial charge < -0.3 is 4.74 Å². The third-order valence-electron chi connectivity index (χ3n) is 1.79. The number of nitriles is 1. The van der Waals surface area contributed by atoms with Crippen molar-refractivity contribution in [2.24, 2.45) is 0 Å². The Morgan fingerprint density at radius 2 is 2.21 bits per heavy atom. The van der Waals surface area contributed by atoms with Crippen LogP contribution in [-0.2, 0) is 0 Å². The molecular formula is C10H8INO2. The lowest BCUT2D eigenvalue weighted by Crippen LogP contribution is -1.99. The lowest BCUT2D eigenvalue weighted by molar-refractivity contribution is 0.101. The number of halogens is 1. The van der Waals surface area contributed by atoms with Crippen LogP contribution in [0.4, 0.5) is 0 Å². The van der Waals surface area contributed by atoms with Gasteiger partial charge in [0.05, 0.1) is 12.7 Å². The third kappa shape index (κ3) is 2.04. The first-order valence-corrected chi connectivity index (χ1v) is 4.96. The molecule has 0 radical (unpaired) electrons. The number of nitrogens with zero attached hydrogens (tertiary/aromatic N) is 1. The molecule has 72 valence electrons. The molecule has 0 aliphatic carbocycles. The standard InChI is InChI=1S/C10H8INO2/c1-6(13)8-4-10(14-2)7(5-12)3-9(8)11/h3-4H,1-2H3. The maximum atomic E-state index is 11.2. The Morgan fingerprint density at radius 3 is 2.64 bits per heavy atom. The van der Waals surface area contributed by atoms with E-state index in [0.29, 0.717) is 16.9 Å². The van der Waals surface area contributed by atoms with Gasteiger partial charge in [-0.1, -0.05) is 0 Å². The number of benzene rings is 1. The van der Waals surface area contributed by atoms with Crippen molar-refractivity contribution in [1.29, 1.82) is 5.26 Å². The zero-order chi connectivity index (χ0) is 10.7. The summed E-state index contributed by atoms with van der Waals surface area (Å²) in [6.45, 7) is 1.49. The molecule has 0 atom stereocenters. The number of Topliss-reactive ketones (excluding diaryl/α,β-unsaturated/α-hetero) is 1. The van der Waals surface area contributed by atoms with Crippen molar-refractivity contribution in [3.63, 3.8) is 0 Å². The van der Waals surface area contributed by atoms with Crippen LogP contribution in [0.25, 0.3) is 0 Å². The zero-order valence-corrected chi connectivity index (χ0v) is 9.95. The van der Waals surface area contributed by atoms with E-state index < -0.39 is 0 Å². The minimum atomic E-state index is -0.0304. The summed E-state index contributed by atoms with van der Waals surface area (Å²) < 4.78 is 5.77. The highest BCUT2D eigenvalue weighted by Gasteiger charge is 2.11. The SMILES string of the molecule is COc1cc(C(C)=O)c(I)cc1C#N. The molecule has 0 aliphatic rings. The third-order valence-corrected chi connectivity index (χ3v) is 2.68. The molecular weight excluding hydrogens is 293 g/mol. The summed E-state index contributed by atoms with van der Waals surface area (Å²) in [6.07, 6.45) is 0. The predicted molar refractivity (Wildman–Crippen MR) is 60.4 cm³/mol. The van der Waals surface area contributed by atoms with Gasteiger partial charge in [-0.3, -0.25) is 4.79 Å². The van der Waals surface area contributed by atoms with E-state index >= 15 is 0 Å². The number of carbonyl (C=O) groups is 1. The predicted octanol–water partition coefficient (Wildman–Crippen LogP) is 2.37. The van der Waals surface area contributed by atoms with Crippen LogP contribution in [0.1, 0.15) is 22.8 Å². The van der Waals surface area contributed by atoms with Gasteiger partial charge in [0.25, 0.3) is 0 Å². The number of hydrogen-bond donors (Lipinski definition) is 0. The summed E-state index contributed by atoms with van der Waals surface area (Å²) in [5, 5.41) is 8.79. The van der Waals surface area contributed by atoms with Crippen molar-refractivity contribution in [1.82, 2.24) is 0 Å². The van der Waals surface area contributed by atoms with Gasteiger partial charge in [-0.2, -0.15) is 5.26 Å². The maximum Gasteiger partial charge on any atom is 0.161 e. The quantitative estimate of drug-likeness (QED) is 0.622. The molecule has 1 rings (SSSR count). The highest BCUT2D eigenvalue weighted by atomic mass is 127. The fraction of sp³-hybridized carbons (Fsp3) is 0.200. The van der Waals surface area contributed by atoms with E-state index in [9.17, 15) is 4.79 Å². The molecule has 14 heavy (non-hydrogen) atoms. The van der Waals surface area contributed by atoms with Gasteiger partial charge >= 0.3 is 0 Å². The zero-order valence-electron chi connectivity index (χ0n) is 7.80. The van der Waals surface area contributed by atoms with Crippen LogP contribution < -0.4 is 4.74 Å². The van der Waals surface area contributed by atoms with Crippen LogP contribution in [0.2, 0.25) is 0 Å². The molecule has 0 heterocycles. The largest absolute Gasteiger partial charge is 0.495 e. The van der Waals surface area contributed by atoms with Gasteiger partial charge in [-0.25, -0.2) is 0 Å². The maximum absolute atomic E-state index is 11.2. The lowest BCUT2D eigenvalue weighted by atomic mass is 10.1. The van der Waals surface area contributed by atoms with E-state index in [0.717, 1.165) is 3.57 Å². The second kappa shape index (κ2) is 4.42. The number of carbonyl (C=O) groups excluding carboxylic acids is 1. The monoisotopic (exact) mass is 301 g/mol. The molecule has 4 heteroatoms. The minimum absolute atomic E-state index is 0.0304. The molecule has 0 saturated carbocycles. The van der Waals surface area contributed by atoms with E-state index in [1.54, 1.807) is 12.1 Å². The van der Waals surface area contributed by atoms with E-state index in [1.165, 1.54) is 14.0 Å². The summed E-state index contributed by atoms with van der Waals surface area (Å²) in [4.78, 5) is 11.2. The summed E-state index contributed by atoms with van der Waals surface area (Å²) in [5.74, 6) is 0.412. The first-order chi connectivity index (χ1) is 6.60. The second-order valence-electron chi connectivity index (χ2n) is 2.70. The topological polar surface area (TPSA) is 50.1 Å². The second-order valence-corrected chi connectivity index (χ2v) is 3.86. The molecule has 0 amide bonds. The van der Waals surface area contributed by atoms with Crippen LogP contribution >= 0.6 is 22.6 Å². The Morgan fingerprint density at radius 1 is 1.57 bits per heavy atom. The first kappa shape index (κ1) is 11.0. The molecule has 0 saturated heterocycles. The first-order valence-electron chi connectivity index (χ1n) is 3.88. The average Bonchev–Trinajstić information content (AvgIpc) is 2.16. The Kier molecular flexibility index (Phi) is 3.47. The van der Waals surface area contributed by atoms with Crippen molar-refractivity contribution in [2.45, 2.75) is 6.92 Å². The molecule has 3 nitrogen and oxygen atoms in total. The molecule has 0 unspecified atom stereocenters. The highest BCUT2D eigenvalue weighted by molar-refractivity contribution is 14.1.